The molecule has 3 rings (SSSR count). The Balaban J connectivity index is 2.27. The highest BCUT2D eigenvalue weighted by Crippen LogP contribution is 2.37. The van der Waals surface area contributed by atoms with Crippen molar-refractivity contribution in [2.45, 2.75) is 0 Å². The SMILES string of the molecule is CN=C(C1=C(O)c2cc(OC)c(OC)cc2C(=O)C1=O)c1ccccc1. The van der Waals surface area contributed by atoms with E-state index in [4.69, 9.17) is 9.47 Å². The number of hydrogen-bond donors (Lipinski definition) is 1. The topological polar surface area (TPSA) is 85.2 Å². The Kier molecular flexibility index (Phi) is 4.58. The predicted octanol–water partition coefficient (Wildman–Crippen LogP) is 2.86. The molecule has 0 bridgehead atoms. The van der Waals surface area contributed by atoms with Gasteiger partial charge in [-0.1, -0.05) is 30.3 Å². The Labute approximate surface area is 150 Å². The van der Waals surface area contributed by atoms with Gasteiger partial charge in [-0.15, -0.1) is 0 Å². The molecule has 26 heavy (non-hydrogen) atoms. The van der Waals surface area contributed by atoms with Crippen LogP contribution in [0.2, 0.25) is 0 Å². The van der Waals surface area contributed by atoms with Crippen LogP contribution >= 0.6 is 0 Å². The molecule has 0 unspecified atom stereocenters. The zero-order valence-corrected chi connectivity index (χ0v) is 14.6. The molecule has 1 aliphatic rings. The van der Waals surface area contributed by atoms with E-state index in [1.807, 2.05) is 6.07 Å². The average Bonchev–Trinajstić information content (AvgIpc) is 2.69. The number of hydrogen-bond acceptors (Lipinski definition) is 6. The van der Waals surface area contributed by atoms with Gasteiger partial charge in [0.1, 0.15) is 5.76 Å². The number of aliphatic hydroxyl groups is 1. The molecule has 1 aliphatic carbocycles. The highest BCUT2D eigenvalue weighted by atomic mass is 16.5. The second-order valence-electron chi connectivity index (χ2n) is 5.57. The van der Waals surface area contributed by atoms with Crippen molar-refractivity contribution < 1.29 is 24.2 Å². The van der Waals surface area contributed by atoms with E-state index in [2.05, 4.69) is 4.99 Å². The molecule has 0 radical (unpaired) electrons. The van der Waals surface area contributed by atoms with E-state index < -0.39 is 11.6 Å². The molecule has 1 N–H and O–H groups in total. The van der Waals surface area contributed by atoms with Gasteiger partial charge in [0, 0.05) is 23.7 Å². The van der Waals surface area contributed by atoms with E-state index in [9.17, 15) is 14.7 Å². The molecule has 6 heteroatoms. The van der Waals surface area contributed by atoms with Crippen LogP contribution < -0.4 is 9.47 Å². The fraction of sp³-hybridized carbons (Fsp3) is 0.150. The molecule has 0 atom stereocenters. The van der Waals surface area contributed by atoms with Gasteiger partial charge in [-0.25, -0.2) is 0 Å². The van der Waals surface area contributed by atoms with Crippen molar-refractivity contribution in [1.29, 1.82) is 0 Å². The minimum Gasteiger partial charge on any atom is -0.506 e. The summed E-state index contributed by atoms with van der Waals surface area (Å²) in [5, 5.41) is 10.8. The number of benzene rings is 2. The third-order valence-electron chi connectivity index (χ3n) is 4.20. The molecule has 0 heterocycles. The number of aliphatic imine (C=N–C) groups is 1. The summed E-state index contributed by atoms with van der Waals surface area (Å²) in [4.78, 5) is 29.5. The summed E-state index contributed by atoms with van der Waals surface area (Å²) in [5.74, 6) is -1.21. The van der Waals surface area contributed by atoms with Crippen LogP contribution in [0.5, 0.6) is 11.5 Å². The molecule has 0 saturated carbocycles. The number of fused-ring (bicyclic) bond motifs is 1. The standard InChI is InChI=1S/C20H17NO5/c1-21-17(11-7-5-4-6-8-11)16-18(22)12-9-14(25-2)15(26-3)10-13(12)19(23)20(16)24/h4-10,22H,1-3H3. The van der Waals surface area contributed by atoms with Crippen LogP contribution in [0.1, 0.15) is 21.5 Å². The van der Waals surface area contributed by atoms with Gasteiger partial charge in [0.05, 0.1) is 25.5 Å². The van der Waals surface area contributed by atoms with E-state index in [0.29, 0.717) is 17.1 Å². The van der Waals surface area contributed by atoms with Crippen LogP contribution in [-0.2, 0) is 4.79 Å². The van der Waals surface area contributed by atoms with Crippen molar-refractivity contribution in [2.75, 3.05) is 21.3 Å². The number of allylic oxidation sites excluding steroid dienone is 1. The number of carbonyl (C=O) groups excluding carboxylic acids is 2. The largest absolute Gasteiger partial charge is 0.506 e. The molecule has 0 saturated heterocycles. The number of methoxy groups -OCH3 is 2. The zero-order chi connectivity index (χ0) is 18.8. The maximum absolute atomic E-state index is 12.7. The van der Waals surface area contributed by atoms with Crippen LogP contribution in [0.4, 0.5) is 0 Å². The van der Waals surface area contributed by atoms with E-state index in [-0.39, 0.29) is 28.2 Å². The van der Waals surface area contributed by atoms with Gasteiger partial charge in [-0.3, -0.25) is 14.6 Å². The number of nitrogens with zero attached hydrogens (tertiary/aromatic N) is 1. The quantitative estimate of drug-likeness (QED) is 0.676. The lowest BCUT2D eigenvalue weighted by Crippen LogP contribution is -2.29. The van der Waals surface area contributed by atoms with Crippen LogP contribution in [0.15, 0.2) is 53.0 Å². The summed E-state index contributed by atoms with van der Waals surface area (Å²) in [7, 11) is 4.38. The van der Waals surface area contributed by atoms with Crippen molar-refractivity contribution in [3.05, 3.63) is 64.7 Å². The Morgan fingerprint density at radius 2 is 1.50 bits per heavy atom. The molecule has 0 amide bonds. The fourth-order valence-electron chi connectivity index (χ4n) is 2.94. The van der Waals surface area contributed by atoms with Gasteiger partial charge >= 0.3 is 0 Å². The van der Waals surface area contributed by atoms with E-state index in [1.54, 1.807) is 24.3 Å². The van der Waals surface area contributed by atoms with Crippen molar-refractivity contribution >= 4 is 23.0 Å². The third kappa shape index (κ3) is 2.65. The normalized spacial score (nSPS) is 14.3. The summed E-state index contributed by atoms with van der Waals surface area (Å²) in [6, 6.07) is 11.8. The number of ketones is 2. The Morgan fingerprint density at radius 3 is 2.04 bits per heavy atom. The molecule has 0 aliphatic heterocycles. The Bertz CT molecular complexity index is 958. The lowest BCUT2D eigenvalue weighted by atomic mass is 9.84. The second-order valence-corrected chi connectivity index (χ2v) is 5.57. The molecule has 0 spiro atoms. The molecular formula is C20H17NO5. The van der Waals surface area contributed by atoms with Crippen LogP contribution in [0, 0.1) is 0 Å². The number of Topliss-reactive ketones (excluding diaryl/α,β-unsaturated/α-hetero) is 2. The van der Waals surface area contributed by atoms with Gasteiger partial charge in [0.15, 0.2) is 11.5 Å². The third-order valence-corrected chi connectivity index (χ3v) is 4.20. The lowest BCUT2D eigenvalue weighted by molar-refractivity contribution is -0.111. The van der Waals surface area contributed by atoms with Crippen LogP contribution in [0.3, 0.4) is 0 Å². The summed E-state index contributed by atoms with van der Waals surface area (Å²) < 4.78 is 10.4. The lowest BCUT2D eigenvalue weighted by Gasteiger charge is -2.21. The van der Waals surface area contributed by atoms with Crippen molar-refractivity contribution in [3.63, 3.8) is 0 Å². The summed E-state index contributed by atoms with van der Waals surface area (Å²) in [6.07, 6.45) is 0. The Morgan fingerprint density at radius 1 is 0.923 bits per heavy atom. The molecule has 6 nitrogen and oxygen atoms in total. The molecule has 2 aromatic rings. The van der Waals surface area contributed by atoms with Gasteiger partial charge in [-0.2, -0.15) is 0 Å². The van der Waals surface area contributed by atoms with E-state index >= 15 is 0 Å². The average molecular weight is 351 g/mol. The number of rotatable bonds is 4. The van der Waals surface area contributed by atoms with Gasteiger partial charge in [0.2, 0.25) is 11.6 Å². The first-order valence-corrected chi connectivity index (χ1v) is 7.84. The smallest absolute Gasteiger partial charge is 0.239 e. The molecule has 0 aromatic heterocycles. The van der Waals surface area contributed by atoms with Gasteiger partial charge < -0.3 is 14.6 Å². The summed E-state index contributed by atoms with van der Waals surface area (Å²) in [5.41, 5.74) is 1.03. The van der Waals surface area contributed by atoms with Crippen molar-refractivity contribution in [1.82, 2.24) is 0 Å². The first kappa shape index (κ1) is 17.4. The minimum absolute atomic E-state index is 0.0671. The molecule has 0 fully saturated rings. The van der Waals surface area contributed by atoms with Gasteiger partial charge in [0.25, 0.3) is 0 Å². The Hall–Kier alpha value is -3.41. The first-order chi connectivity index (χ1) is 12.5. The highest BCUT2D eigenvalue weighted by molar-refractivity contribution is 6.59. The number of aliphatic hydroxyl groups excluding tert-OH is 1. The predicted molar refractivity (Wildman–Crippen MR) is 97.3 cm³/mol. The molecule has 132 valence electrons. The van der Waals surface area contributed by atoms with Gasteiger partial charge in [-0.05, 0) is 12.1 Å². The highest BCUT2D eigenvalue weighted by Gasteiger charge is 2.36. The maximum atomic E-state index is 12.7. The number of carbonyl (C=O) groups is 2. The minimum atomic E-state index is -0.813. The first-order valence-electron chi connectivity index (χ1n) is 7.84. The van der Waals surface area contributed by atoms with Crippen molar-refractivity contribution in [3.8, 4) is 11.5 Å². The van der Waals surface area contributed by atoms with Crippen LogP contribution in [-0.4, -0.2) is 43.7 Å². The monoisotopic (exact) mass is 351 g/mol. The van der Waals surface area contributed by atoms with E-state index in [0.717, 1.165) is 0 Å². The zero-order valence-electron chi connectivity index (χ0n) is 14.6. The summed E-state index contributed by atoms with van der Waals surface area (Å²) in [6.45, 7) is 0. The van der Waals surface area contributed by atoms with Crippen molar-refractivity contribution in [2.24, 2.45) is 4.99 Å². The maximum Gasteiger partial charge on any atom is 0.239 e. The summed E-state index contributed by atoms with van der Waals surface area (Å²) >= 11 is 0. The second kappa shape index (κ2) is 6.84. The van der Waals surface area contributed by atoms with E-state index in [1.165, 1.54) is 33.4 Å². The molecular weight excluding hydrogens is 334 g/mol. The fourth-order valence-corrected chi connectivity index (χ4v) is 2.94. The van der Waals surface area contributed by atoms with Crippen LogP contribution in [0.25, 0.3) is 5.76 Å². The number of ether oxygens (including phenoxy) is 2. The molecule has 2 aromatic carbocycles.